The summed E-state index contributed by atoms with van der Waals surface area (Å²) in [6.45, 7) is 2.28. The highest BCUT2D eigenvalue weighted by Crippen LogP contribution is 2.48. The summed E-state index contributed by atoms with van der Waals surface area (Å²) in [5.41, 5.74) is 3.06. The third-order valence-corrected chi connectivity index (χ3v) is 7.18. The second-order valence-electron chi connectivity index (χ2n) is 7.88. The Morgan fingerprint density at radius 3 is 2.90 bits per heavy atom. The van der Waals surface area contributed by atoms with E-state index in [4.69, 9.17) is 0 Å². The van der Waals surface area contributed by atoms with Gasteiger partial charge in [0.25, 0.3) is 5.91 Å². The summed E-state index contributed by atoms with van der Waals surface area (Å²) >= 11 is 1.60. The van der Waals surface area contributed by atoms with E-state index in [1.807, 2.05) is 24.3 Å². The summed E-state index contributed by atoms with van der Waals surface area (Å²) in [5.74, 6) is -0.0144. The minimum absolute atomic E-state index is 0.103. The largest absolute Gasteiger partial charge is 0.354 e. The highest BCUT2D eigenvalue weighted by atomic mass is 32.2. The van der Waals surface area contributed by atoms with Gasteiger partial charge in [-0.15, -0.1) is 11.8 Å². The molecule has 0 radical (unpaired) electrons. The fourth-order valence-electron chi connectivity index (χ4n) is 4.25. The van der Waals surface area contributed by atoms with E-state index in [1.54, 1.807) is 23.6 Å². The molecule has 3 aliphatic rings. The van der Waals surface area contributed by atoms with E-state index >= 15 is 0 Å². The van der Waals surface area contributed by atoms with Crippen molar-refractivity contribution in [1.82, 2.24) is 15.5 Å². The molecular weight excluding hydrogens is 386 g/mol. The average Bonchev–Trinajstić information content (AvgIpc) is 3.29. The van der Waals surface area contributed by atoms with Crippen molar-refractivity contribution in [2.45, 2.75) is 56.5 Å². The summed E-state index contributed by atoms with van der Waals surface area (Å²) in [7, 11) is 0. The lowest BCUT2D eigenvalue weighted by Crippen LogP contribution is -2.52. The SMILES string of the molecule is CC(NC(=O)C1CSC2c3ccccc3C(=O)N12)C(=O)NCCC1=CCCCC1. The number of carbonyl (C=O) groups excluding carboxylic acids is 3. The van der Waals surface area contributed by atoms with Gasteiger partial charge in [0, 0.05) is 17.9 Å². The van der Waals surface area contributed by atoms with Crippen LogP contribution in [0.5, 0.6) is 0 Å². The number of benzene rings is 1. The smallest absolute Gasteiger partial charge is 0.256 e. The van der Waals surface area contributed by atoms with Crippen LogP contribution in [0.2, 0.25) is 0 Å². The molecule has 6 nitrogen and oxygen atoms in total. The van der Waals surface area contributed by atoms with Gasteiger partial charge in [0.2, 0.25) is 11.8 Å². The monoisotopic (exact) mass is 413 g/mol. The summed E-state index contributed by atoms with van der Waals surface area (Å²) in [6, 6.07) is 6.33. The predicted molar refractivity (Wildman–Crippen MR) is 113 cm³/mol. The van der Waals surface area contributed by atoms with Gasteiger partial charge in [-0.1, -0.05) is 29.8 Å². The molecule has 1 aromatic carbocycles. The number of nitrogens with zero attached hydrogens (tertiary/aromatic N) is 1. The van der Waals surface area contributed by atoms with E-state index in [0.29, 0.717) is 17.9 Å². The Hall–Kier alpha value is -2.28. The minimum Gasteiger partial charge on any atom is -0.354 e. The molecule has 154 valence electrons. The molecule has 4 rings (SSSR count). The highest BCUT2D eigenvalue weighted by Gasteiger charge is 2.48. The van der Waals surface area contributed by atoms with Crippen molar-refractivity contribution < 1.29 is 14.4 Å². The van der Waals surface area contributed by atoms with Crippen LogP contribution in [0.3, 0.4) is 0 Å². The van der Waals surface area contributed by atoms with Crippen molar-refractivity contribution in [3.8, 4) is 0 Å². The fraction of sp³-hybridized carbons (Fsp3) is 0.500. The molecule has 0 aromatic heterocycles. The summed E-state index contributed by atoms with van der Waals surface area (Å²) in [6.07, 6.45) is 7.88. The highest BCUT2D eigenvalue weighted by molar-refractivity contribution is 7.99. The maximum Gasteiger partial charge on any atom is 0.256 e. The van der Waals surface area contributed by atoms with E-state index < -0.39 is 12.1 Å². The number of allylic oxidation sites excluding steroid dienone is 1. The molecule has 3 atom stereocenters. The van der Waals surface area contributed by atoms with Crippen LogP contribution in [-0.2, 0) is 9.59 Å². The van der Waals surface area contributed by atoms with Crippen molar-refractivity contribution in [1.29, 1.82) is 0 Å². The first kappa shape index (κ1) is 20.0. The van der Waals surface area contributed by atoms with Crippen molar-refractivity contribution in [3.05, 3.63) is 47.0 Å². The first-order valence-corrected chi connectivity index (χ1v) is 11.4. The van der Waals surface area contributed by atoms with Crippen LogP contribution < -0.4 is 10.6 Å². The number of amides is 3. The molecular formula is C22H27N3O3S. The van der Waals surface area contributed by atoms with E-state index in [2.05, 4.69) is 16.7 Å². The normalized spacial score (nSPS) is 23.8. The zero-order valence-electron chi connectivity index (χ0n) is 16.6. The van der Waals surface area contributed by atoms with Gasteiger partial charge in [-0.05, 0) is 50.7 Å². The maximum atomic E-state index is 12.8. The third-order valence-electron chi connectivity index (χ3n) is 5.88. The number of nitrogens with one attached hydrogen (secondary N) is 2. The molecule has 1 aromatic rings. The van der Waals surface area contributed by atoms with Gasteiger partial charge >= 0.3 is 0 Å². The number of carbonyl (C=O) groups is 3. The van der Waals surface area contributed by atoms with Crippen LogP contribution in [0, 0.1) is 0 Å². The van der Waals surface area contributed by atoms with Gasteiger partial charge in [-0.25, -0.2) is 0 Å². The first-order valence-electron chi connectivity index (χ1n) is 10.4. The van der Waals surface area contributed by atoms with Gasteiger partial charge < -0.3 is 15.5 Å². The number of fused-ring (bicyclic) bond motifs is 3. The molecule has 0 saturated carbocycles. The van der Waals surface area contributed by atoms with E-state index in [-0.39, 0.29) is 23.1 Å². The van der Waals surface area contributed by atoms with E-state index in [9.17, 15) is 14.4 Å². The molecule has 1 fully saturated rings. The predicted octanol–water partition coefficient (Wildman–Crippen LogP) is 2.77. The van der Waals surface area contributed by atoms with Gasteiger partial charge in [0.05, 0.1) is 0 Å². The van der Waals surface area contributed by atoms with E-state index in [0.717, 1.165) is 24.8 Å². The fourth-order valence-corrected chi connectivity index (χ4v) is 5.71. The minimum atomic E-state index is -0.632. The Bertz CT molecular complexity index is 853. The number of hydrogen-bond acceptors (Lipinski definition) is 4. The Morgan fingerprint density at radius 1 is 1.28 bits per heavy atom. The number of thioether (sulfide) groups is 1. The molecule has 7 heteroatoms. The Balaban J connectivity index is 1.29. The quantitative estimate of drug-likeness (QED) is 0.703. The average molecular weight is 414 g/mol. The van der Waals surface area contributed by atoms with Gasteiger partial charge in [0.1, 0.15) is 17.5 Å². The van der Waals surface area contributed by atoms with Crippen LogP contribution >= 0.6 is 11.8 Å². The van der Waals surface area contributed by atoms with Crippen LogP contribution in [0.4, 0.5) is 0 Å². The van der Waals surface area contributed by atoms with Crippen molar-refractivity contribution in [2.24, 2.45) is 0 Å². The summed E-state index contributed by atoms with van der Waals surface area (Å²) in [4.78, 5) is 39.6. The number of hydrogen-bond donors (Lipinski definition) is 2. The van der Waals surface area contributed by atoms with Crippen molar-refractivity contribution in [3.63, 3.8) is 0 Å². The zero-order chi connectivity index (χ0) is 20.4. The molecule has 2 aliphatic heterocycles. The molecule has 1 aliphatic carbocycles. The standard InChI is InChI=1S/C22H27N3O3S/c1-14(19(26)23-12-11-15-7-3-2-4-8-15)24-20(27)18-13-29-22-17-10-6-5-9-16(17)21(28)25(18)22/h5-7,9-10,14,18,22H,2-4,8,11-13H2,1H3,(H,23,26)(H,24,27). The Kier molecular flexibility index (Phi) is 5.94. The van der Waals surface area contributed by atoms with Gasteiger partial charge in [-0.3, -0.25) is 14.4 Å². The topological polar surface area (TPSA) is 78.5 Å². The molecule has 2 N–H and O–H groups in total. The van der Waals surface area contributed by atoms with Crippen LogP contribution in [-0.4, -0.2) is 47.0 Å². The molecule has 1 saturated heterocycles. The molecule has 2 heterocycles. The maximum absolute atomic E-state index is 12.8. The van der Waals surface area contributed by atoms with Gasteiger partial charge in [-0.2, -0.15) is 0 Å². The van der Waals surface area contributed by atoms with Crippen molar-refractivity contribution >= 4 is 29.5 Å². The Labute approximate surface area is 175 Å². The first-order chi connectivity index (χ1) is 14.1. The van der Waals surface area contributed by atoms with Crippen molar-refractivity contribution in [2.75, 3.05) is 12.3 Å². The van der Waals surface area contributed by atoms with Crippen LogP contribution in [0.1, 0.15) is 60.3 Å². The lowest BCUT2D eigenvalue weighted by atomic mass is 9.97. The number of rotatable bonds is 6. The summed E-state index contributed by atoms with van der Waals surface area (Å²) < 4.78 is 0. The molecule has 3 amide bonds. The van der Waals surface area contributed by atoms with Crippen LogP contribution in [0.25, 0.3) is 0 Å². The van der Waals surface area contributed by atoms with Gasteiger partial charge in [0.15, 0.2) is 0 Å². The van der Waals surface area contributed by atoms with E-state index in [1.165, 1.54) is 18.4 Å². The summed E-state index contributed by atoms with van der Waals surface area (Å²) in [5, 5.41) is 5.60. The lowest BCUT2D eigenvalue weighted by Gasteiger charge is -2.24. The second kappa shape index (κ2) is 8.61. The molecule has 0 spiro atoms. The molecule has 3 unspecified atom stereocenters. The Morgan fingerprint density at radius 2 is 2.10 bits per heavy atom. The lowest BCUT2D eigenvalue weighted by molar-refractivity contribution is -0.130. The third kappa shape index (κ3) is 4.06. The molecule has 0 bridgehead atoms. The zero-order valence-corrected chi connectivity index (χ0v) is 17.5. The molecule has 29 heavy (non-hydrogen) atoms. The second-order valence-corrected chi connectivity index (χ2v) is 8.99. The van der Waals surface area contributed by atoms with Crippen LogP contribution in [0.15, 0.2) is 35.9 Å².